The van der Waals surface area contributed by atoms with Crippen molar-refractivity contribution in [1.82, 2.24) is 14.3 Å². The number of sulfonamides is 1. The first kappa shape index (κ1) is 33.6. The molecule has 1 aromatic heterocycles. The van der Waals surface area contributed by atoms with Gasteiger partial charge in [-0.2, -0.15) is 21.9 Å². The van der Waals surface area contributed by atoms with Gasteiger partial charge in [0.25, 0.3) is 0 Å². The number of aryl methyl sites for hydroxylation is 1. The number of rotatable bonds is 8. The van der Waals surface area contributed by atoms with Crippen molar-refractivity contribution in [2.45, 2.75) is 45.9 Å². The first-order valence-corrected chi connectivity index (χ1v) is 16.5. The summed E-state index contributed by atoms with van der Waals surface area (Å²) in [6.45, 7) is 4.59. The lowest BCUT2D eigenvalue weighted by Crippen LogP contribution is -2.34. The highest BCUT2D eigenvalue weighted by atomic mass is 35.5. The lowest BCUT2D eigenvalue weighted by atomic mass is 9.85. The van der Waals surface area contributed by atoms with Gasteiger partial charge in [-0.3, -0.25) is 4.72 Å². The zero-order valence-electron chi connectivity index (χ0n) is 23.2. The summed E-state index contributed by atoms with van der Waals surface area (Å²) in [6.07, 6.45) is 1.55. The number of nitrogens with zero attached hydrogens (tertiary/aromatic N) is 3. The molecule has 4 rings (SSSR count). The number of halogens is 4. The fourth-order valence-corrected chi connectivity index (χ4v) is 5.55. The minimum Gasteiger partial charge on any atom is -0.464 e. The van der Waals surface area contributed by atoms with Gasteiger partial charge in [0.2, 0.25) is 16.3 Å². The second-order valence-electron chi connectivity index (χ2n) is 9.62. The van der Waals surface area contributed by atoms with Crippen LogP contribution in [0.1, 0.15) is 38.7 Å². The zero-order chi connectivity index (χ0) is 31.8. The fraction of sp³-hybridized carbons (Fsp3) is 0.417. The number of fused-ring (bicyclic) bond motifs is 1. The fourth-order valence-electron chi connectivity index (χ4n) is 3.96. The second-order valence-corrected chi connectivity index (χ2v) is 13.8. The molecule has 0 spiro atoms. The van der Waals surface area contributed by atoms with Crippen LogP contribution < -0.4 is 19.3 Å². The van der Waals surface area contributed by atoms with Crippen LogP contribution in [0.4, 0.5) is 14.5 Å². The lowest BCUT2D eigenvalue weighted by molar-refractivity contribution is -0.0981. The standard InChI is InChI=1S/C13H18O5S.C11H10Cl2F2N4O3S/c1-5-16-12-13(2,3)10-8-9(18-19(4,14)15)6-7-11(10)17-12;1-5-16-19(11(20)18(5)10(14)15)9-4-8(17-23(2,21)22)6(12)3-7(9)13/h6-8,12H,5H2,1-4H3;3-4,10,17H,1-2H3. The molecule has 1 N–H and O–H groups in total. The van der Waals surface area contributed by atoms with Gasteiger partial charge in [0.1, 0.15) is 17.3 Å². The molecular weight excluding hydrogens is 645 g/mol. The van der Waals surface area contributed by atoms with E-state index < -0.39 is 32.4 Å². The molecule has 42 heavy (non-hydrogen) atoms. The Morgan fingerprint density at radius 2 is 1.76 bits per heavy atom. The van der Waals surface area contributed by atoms with E-state index in [1.54, 1.807) is 18.2 Å². The Morgan fingerprint density at radius 1 is 1.12 bits per heavy atom. The van der Waals surface area contributed by atoms with Crippen molar-refractivity contribution in [3.63, 3.8) is 0 Å². The number of alkyl halides is 2. The monoisotopic (exact) mass is 672 g/mol. The molecule has 1 atom stereocenters. The first-order chi connectivity index (χ1) is 19.2. The van der Waals surface area contributed by atoms with Gasteiger partial charge in [-0.25, -0.2) is 17.8 Å². The molecule has 0 saturated carbocycles. The Kier molecular flexibility index (Phi) is 9.88. The molecule has 12 nitrogen and oxygen atoms in total. The maximum absolute atomic E-state index is 12.8. The van der Waals surface area contributed by atoms with Crippen LogP contribution >= 0.6 is 23.2 Å². The Bertz CT molecular complexity index is 1760. The quantitative estimate of drug-likeness (QED) is 0.342. The van der Waals surface area contributed by atoms with Crippen molar-refractivity contribution < 1.29 is 39.3 Å². The summed E-state index contributed by atoms with van der Waals surface area (Å²) < 4.78 is 89.7. The van der Waals surface area contributed by atoms with E-state index in [0.29, 0.717) is 17.0 Å². The summed E-state index contributed by atoms with van der Waals surface area (Å²) >= 11 is 11.8. The molecule has 232 valence electrons. The Labute approximate surface area is 251 Å². The lowest BCUT2D eigenvalue weighted by Gasteiger charge is -2.25. The van der Waals surface area contributed by atoms with E-state index in [1.807, 2.05) is 20.8 Å². The second kappa shape index (κ2) is 12.4. The molecule has 2 aromatic carbocycles. The van der Waals surface area contributed by atoms with Crippen LogP contribution in [0.3, 0.4) is 0 Å². The van der Waals surface area contributed by atoms with Gasteiger partial charge in [-0.15, -0.1) is 5.10 Å². The van der Waals surface area contributed by atoms with Crippen LogP contribution in [0.25, 0.3) is 5.69 Å². The van der Waals surface area contributed by atoms with E-state index in [9.17, 15) is 30.4 Å². The van der Waals surface area contributed by atoms with Crippen LogP contribution in [-0.4, -0.2) is 56.6 Å². The van der Waals surface area contributed by atoms with Gasteiger partial charge in [0, 0.05) is 12.2 Å². The van der Waals surface area contributed by atoms with Gasteiger partial charge in [0.15, 0.2) is 0 Å². The van der Waals surface area contributed by atoms with Crippen LogP contribution in [-0.2, 0) is 30.3 Å². The molecule has 18 heteroatoms. The molecule has 0 fully saturated rings. The summed E-state index contributed by atoms with van der Waals surface area (Å²) in [5, 5.41) is 3.63. The number of hydrogen-bond donors (Lipinski definition) is 1. The summed E-state index contributed by atoms with van der Waals surface area (Å²) in [5.74, 6) is 0.757. The van der Waals surface area contributed by atoms with E-state index in [0.717, 1.165) is 24.1 Å². The van der Waals surface area contributed by atoms with E-state index in [-0.39, 0.29) is 49.3 Å². The molecule has 0 bridgehead atoms. The van der Waals surface area contributed by atoms with Crippen molar-refractivity contribution in [2.24, 2.45) is 0 Å². The smallest absolute Gasteiger partial charge is 0.355 e. The van der Waals surface area contributed by atoms with E-state index in [2.05, 4.69) is 9.82 Å². The molecule has 1 aliphatic rings. The topological polar surface area (TPSA) is 148 Å². The maximum atomic E-state index is 12.8. The minimum absolute atomic E-state index is 0.0257. The van der Waals surface area contributed by atoms with Gasteiger partial charge in [-0.05, 0) is 58.0 Å². The molecule has 0 radical (unpaired) electrons. The third kappa shape index (κ3) is 7.72. The van der Waals surface area contributed by atoms with Gasteiger partial charge >= 0.3 is 22.4 Å². The highest BCUT2D eigenvalue weighted by Gasteiger charge is 2.42. The third-order valence-corrected chi connectivity index (χ3v) is 7.47. The molecule has 0 aliphatic carbocycles. The molecule has 0 amide bonds. The largest absolute Gasteiger partial charge is 0.464 e. The molecule has 3 aromatic rings. The van der Waals surface area contributed by atoms with Gasteiger partial charge in [0.05, 0.1) is 39.3 Å². The molecule has 1 unspecified atom stereocenters. The minimum atomic E-state index is -3.65. The van der Waals surface area contributed by atoms with Crippen LogP contribution in [0.15, 0.2) is 35.1 Å². The van der Waals surface area contributed by atoms with Gasteiger partial charge < -0.3 is 13.7 Å². The van der Waals surface area contributed by atoms with E-state index in [1.165, 1.54) is 13.0 Å². The SMILES string of the molecule is CCOC1Oc2ccc(OS(C)(=O)=O)cc2C1(C)C.Cc1nn(-c2cc(NS(C)(=O)=O)c(Cl)cc2Cl)c(=O)n1C(F)F. The average Bonchev–Trinajstić information content (AvgIpc) is 3.26. The molecule has 2 heterocycles. The van der Waals surface area contributed by atoms with Crippen molar-refractivity contribution in [1.29, 1.82) is 0 Å². The van der Waals surface area contributed by atoms with Crippen LogP contribution in [0.2, 0.25) is 10.0 Å². The maximum Gasteiger partial charge on any atom is 0.355 e. The molecular formula is C24H28Cl2F2N4O8S2. The zero-order valence-corrected chi connectivity index (χ0v) is 26.3. The van der Waals surface area contributed by atoms with Crippen molar-refractivity contribution in [2.75, 3.05) is 23.8 Å². The van der Waals surface area contributed by atoms with Crippen LogP contribution in [0.5, 0.6) is 11.5 Å². The van der Waals surface area contributed by atoms with E-state index in [4.69, 9.17) is 36.9 Å². The highest BCUT2D eigenvalue weighted by molar-refractivity contribution is 7.92. The Morgan fingerprint density at radius 3 is 2.29 bits per heavy atom. The number of benzene rings is 2. The number of hydrogen-bond acceptors (Lipinski definition) is 9. The summed E-state index contributed by atoms with van der Waals surface area (Å²) in [4.78, 5) is 12.0. The van der Waals surface area contributed by atoms with Gasteiger partial charge in [-0.1, -0.05) is 23.2 Å². The summed E-state index contributed by atoms with van der Waals surface area (Å²) in [5.41, 5.74) is -0.749. The number of anilines is 1. The number of ether oxygens (including phenoxy) is 2. The number of aromatic nitrogens is 3. The molecule has 0 saturated heterocycles. The molecule has 1 aliphatic heterocycles. The normalized spacial score (nSPS) is 15.9. The first-order valence-electron chi connectivity index (χ1n) is 12.0. The Balaban J connectivity index is 0.000000235. The predicted molar refractivity (Wildman–Crippen MR) is 153 cm³/mol. The van der Waals surface area contributed by atoms with E-state index >= 15 is 0 Å². The van der Waals surface area contributed by atoms with Crippen molar-refractivity contribution in [3.05, 3.63) is 62.2 Å². The summed E-state index contributed by atoms with van der Waals surface area (Å²) in [7, 11) is -7.18. The Hall–Kier alpha value is -2.92. The van der Waals surface area contributed by atoms with Crippen molar-refractivity contribution in [3.8, 4) is 17.2 Å². The summed E-state index contributed by atoms with van der Waals surface area (Å²) in [6, 6.07) is 7.28. The predicted octanol–water partition coefficient (Wildman–Crippen LogP) is 4.47. The average molecular weight is 674 g/mol. The highest BCUT2D eigenvalue weighted by Crippen LogP contribution is 2.44. The van der Waals surface area contributed by atoms with Crippen LogP contribution in [0, 0.1) is 6.92 Å². The third-order valence-electron chi connectivity index (χ3n) is 5.77. The van der Waals surface area contributed by atoms with Crippen molar-refractivity contribution >= 4 is 49.0 Å². The number of nitrogens with one attached hydrogen (secondary N) is 1.